The van der Waals surface area contributed by atoms with E-state index in [9.17, 15) is 9.18 Å². The molecule has 7 heteroatoms. The molecule has 0 spiro atoms. The predicted molar refractivity (Wildman–Crippen MR) is 93.6 cm³/mol. The lowest BCUT2D eigenvalue weighted by Crippen LogP contribution is -2.28. The van der Waals surface area contributed by atoms with Gasteiger partial charge in [-0.25, -0.2) is 9.97 Å². The van der Waals surface area contributed by atoms with Gasteiger partial charge in [0, 0.05) is 36.6 Å². The zero-order chi connectivity index (χ0) is 17.9. The number of hydrogen-bond donors (Lipinski definition) is 0. The maximum atomic E-state index is 12.9. The van der Waals surface area contributed by atoms with Gasteiger partial charge in [-0.15, -0.1) is 0 Å². The number of pyridine rings is 2. The molecule has 0 unspecified atom stereocenters. The van der Waals surface area contributed by atoms with Crippen molar-refractivity contribution in [1.29, 1.82) is 0 Å². The molecular formula is C19H16FN5O. The van der Waals surface area contributed by atoms with Gasteiger partial charge in [0.15, 0.2) is 5.82 Å². The molecule has 4 rings (SSSR count). The van der Waals surface area contributed by atoms with E-state index in [1.54, 1.807) is 35.8 Å². The number of rotatable bonds is 4. The zero-order valence-electron chi connectivity index (χ0n) is 13.9. The van der Waals surface area contributed by atoms with E-state index in [2.05, 4.69) is 19.9 Å². The summed E-state index contributed by atoms with van der Waals surface area (Å²) >= 11 is 0. The van der Waals surface area contributed by atoms with Crippen molar-refractivity contribution in [3.63, 3.8) is 0 Å². The number of anilines is 1. The van der Waals surface area contributed by atoms with E-state index in [4.69, 9.17) is 0 Å². The predicted octanol–water partition coefficient (Wildman–Crippen LogP) is 2.67. The van der Waals surface area contributed by atoms with Gasteiger partial charge < -0.3 is 0 Å². The lowest BCUT2D eigenvalue weighted by molar-refractivity contribution is -0.120. The first-order valence-corrected chi connectivity index (χ1v) is 8.35. The number of carbonyl (C=O) groups is 1. The van der Waals surface area contributed by atoms with Crippen molar-refractivity contribution >= 4 is 11.7 Å². The lowest BCUT2D eigenvalue weighted by Gasteiger charge is -2.15. The van der Waals surface area contributed by atoms with Gasteiger partial charge in [-0.1, -0.05) is 6.07 Å². The number of aromatic nitrogens is 4. The van der Waals surface area contributed by atoms with Crippen LogP contribution in [0.5, 0.6) is 0 Å². The Morgan fingerprint density at radius 2 is 1.88 bits per heavy atom. The Morgan fingerprint density at radius 3 is 2.58 bits per heavy atom. The molecule has 3 aromatic rings. The molecule has 1 saturated heterocycles. The first-order chi connectivity index (χ1) is 12.7. The molecule has 0 aliphatic carbocycles. The second-order valence-corrected chi connectivity index (χ2v) is 6.16. The van der Waals surface area contributed by atoms with Crippen molar-refractivity contribution in [2.24, 2.45) is 5.92 Å². The third-order valence-electron chi connectivity index (χ3n) is 4.48. The molecule has 6 nitrogen and oxygen atoms in total. The van der Waals surface area contributed by atoms with Crippen LogP contribution in [0.25, 0.3) is 11.3 Å². The molecule has 1 fully saturated rings. The molecule has 1 aliphatic rings. The molecule has 130 valence electrons. The lowest BCUT2D eigenvalue weighted by atomic mass is 9.99. The molecule has 1 amide bonds. The summed E-state index contributed by atoms with van der Waals surface area (Å²) in [7, 11) is 0. The fraction of sp³-hybridized carbons (Fsp3) is 0.211. The van der Waals surface area contributed by atoms with Gasteiger partial charge in [0.05, 0.1) is 18.1 Å². The third-order valence-corrected chi connectivity index (χ3v) is 4.48. The normalized spacial score (nSPS) is 16.9. The number of amides is 1. The molecule has 0 saturated carbocycles. The van der Waals surface area contributed by atoms with E-state index in [-0.39, 0.29) is 11.8 Å². The van der Waals surface area contributed by atoms with Gasteiger partial charge in [-0.05, 0) is 36.6 Å². The summed E-state index contributed by atoms with van der Waals surface area (Å²) in [5.41, 5.74) is 2.51. The monoisotopic (exact) mass is 349 g/mol. The van der Waals surface area contributed by atoms with Crippen LogP contribution in [0.3, 0.4) is 0 Å². The second kappa shape index (κ2) is 6.95. The summed E-state index contributed by atoms with van der Waals surface area (Å²) in [6.07, 6.45) is 9.43. The summed E-state index contributed by atoms with van der Waals surface area (Å²) in [5.74, 6) is -0.102. The Bertz CT molecular complexity index is 899. The number of halogens is 1. The molecule has 0 N–H and O–H groups in total. The van der Waals surface area contributed by atoms with Crippen LogP contribution >= 0.6 is 0 Å². The Hall–Kier alpha value is -3.22. The fourth-order valence-corrected chi connectivity index (χ4v) is 3.10. The van der Waals surface area contributed by atoms with Crippen molar-refractivity contribution in [2.45, 2.75) is 12.8 Å². The first-order valence-electron chi connectivity index (χ1n) is 8.35. The molecule has 0 radical (unpaired) electrons. The van der Waals surface area contributed by atoms with E-state index >= 15 is 0 Å². The van der Waals surface area contributed by atoms with Gasteiger partial charge in [0.25, 0.3) is 0 Å². The average molecular weight is 349 g/mol. The minimum Gasteiger partial charge on any atom is -0.295 e. The van der Waals surface area contributed by atoms with Crippen LogP contribution in [-0.2, 0) is 11.2 Å². The van der Waals surface area contributed by atoms with E-state index in [0.717, 1.165) is 23.2 Å². The minimum absolute atomic E-state index is 0.0142. The molecule has 4 heterocycles. The van der Waals surface area contributed by atoms with Crippen molar-refractivity contribution in [3.8, 4) is 11.3 Å². The Kier molecular flexibility index (Phi) is 4.35. The van der Waals surface area contributed by atoms with Crippen molar-refractivity contribution < 1.29 is 9.18 Å². The van der Waals surface area contributed by atoms with Gasteiger partial charge in [0.1, 0.15) is 0 Å². The Labute approximate surface area is 149 Å². The molecule has 3 aromatic heterocycles. The molecule has 1 aliphatic heterocycles. The van der Waals surface area contributed by atoms with Gasteiger partial charge in [-0.3, -0.25) is 19.7 Å². The second-order valence-electron chi connectivity index (χ2n) is 6.16. The topological polar surface area (TPSA) is 71.9 Å². The van der Waals surface area contributed by atoms with E-state index in [1.165, 1.54) is 12.3 Å². The van der Waals surface area contributed by atoms with Crippen LogP contribution in [0, 0.1) is 11.9 Å². The number of nitrogens with zero attached hydrogens (tertiary/aromatic N) is 5. The van der Waals surface area contributed by atoms with Crippen LogP contribution in [-0.4, -0.2) is 32.4 Å². The highest BCUT2D eigenvalue weighted by molar-refractivity contribution is 5.96. The zero-order valence-corrected chi connectivity index (χ0v) is 13.9. The van der Waals surface area contributed by atoms with Crippen molar-refractivity contribution in [3.05, 3.63) is 66.8 Å². The number of hydrogen-bond acceptors (Lipinski definition) is 5. The maximum Gasteiger partial charge on any atom is 0.231 e. The van der Waals surface area contributed by atoms with E-state index in [1.807, 2.05) is 12.1 Å². The molecule has 0 bridgehead atoms. The van der Waals surface area contributed by atoms with Crippen LogP contribution in [0.15, 0.2) is 55.2 Å². The summed E-state index contributed by atoms with van der Waals surface area (Å²) in [6, 6.07) is 6.70. The van der Waals surface area contributed by atoms with Gasteiger partial charge >= 0.3 is 0 Å². The molecule has 26 heavy (non-hydrogen) atoms. The van der Waals surface area contributed by atoms with Crippen molar-refractivity contribution in [2.75, 3.05) is 11.4 Å². The van der Waals surface area contributed by atoms with Crippen LogP contribution in [0.4, 0.5) is 10.2 Å². The SMILES string of the molecule is O=C1[C@@H](Cc2ccc(F)nc2)CCN1c1cnc(-c2ccncc2)cn1. The highest BCUT2D eigenvalue weighted by Crippen LogP contribution is 2.26. The quantitative estimate of drug-likeness (QED) is 0.677. The Morgan fingerprint density at radius 1 is 1.04 bits per heavy atom. The smallest absolute Gasteiger partial charge is 0.231 e. The van der Waals surface area contributed by atoms with Gasteiger partial charge in [-0.2, -0.15) is 4.39 Å². The molecule has 1 atom stereocenters. The van der Waals surface area contributed by atoms with E-state index in [0.29, 0.717) is 18.8 Å². The molecular weight excluding hydrogens is 333 g/mol. The highest BCUT2D eigenvalue weighted by atomic mass is 19.1. The van der Waals surface area contributed by atoms with Crippen LogP contribution in [0.2, 0.25) is 0 Å². The van der Waals surface area contributed by atoms with Crippen molar-refractivity contribution in [1.82, 2.24) is 19.9 Å². The highest BCUT2D eigenvalue weighted by Gasteiger charge is 2.33. The maximum absolute atomic E-state index is 12.9. The summed E-state index contributed by atoms with van der Waals surface area (Å²) in [6.45, 7) is 0.599. The standard InChI is InChI=1S/C19H16FN5O/c20-17-2-1-13(10-23-17)9-15-5-8-25(19(15)26)18-12-22-16(11-24-18)14-3-6-21-7-4-14/h1-4,6-7,10-12,15H,5,8-9H2/t15-/m1/s1. The van der Waals surface area contributed by atoms with Crippen LogP contribution in [0.1, 0.15) is 12.0 Å². The first kappa shape index (κ1) is 16.3. The average Bonchev–Trinajstić information content (AvgIpc) is 3.05. The third kappa shape index (κ3) is 3.28. The van der Waals surface area contributed by atoms with E-state index < -0.39 is 5.95 Å². The largest absolute Gasteiger partial charge is 0.295 e. The molecule has 0 aromatic carbocycles. The Balaban J connectivity index is 1.47. The van der Waals surface area contributed by atoms with Crippen LogP contribution < -0.4 is 4.90 Å². The summed E-state index contributed by atoms with van der Waals surface area (Å²) < 4.78 is 12.9. The number of carbonyl (C=O) groups excluding carboxylic acids is 1. The fourth-order valence-electron chi connectivity index (χ4n) is 3.10. The minimum atomic E-state index is -0.516. The summed E-state index contributed by atoms with van der Waals surface area (Å²) in [4.78, 5) is 30.8. The van der Waals surface area contributed by atoms with Gasteiger partial charge in [0.2, 0.25) is 11.9 Å². The summed E-state index contributed by atoms with van der Waals surface area (Å²) in [5, 5.41) is 0.